The van der Waals surface area contributed by atoms with E-state index < -0.39 is 0 Å². The Morgan fingerprint density at radius 2 is 2.05 bits per heavy atom. The maximum absolute atomic E-state index is 11.7. The van der Waals surface area contributed by atoms with E-state index in [0.29, 0.717) is 25.7 Å². The molecule has 0 bridgehead atoms. The van der Waals surface area contributed by atoms with Crippen LogP contribution in [0, 0.1) is 0 Å². The molecule has 1 saturated heterocycles. The number of anilines is 1. The Bertz CT molecular complexity index is 653. The predicted octanol–water partition coefficient (Wildman–Crippen LogP) is 2.66. The summed E-state index contributed by atoms with van der Waals surface area (Å²) < 4.78 is 5.03. The molecule has 6 nitrogen and oxygen atoms in total. The van der Waals surface area contributed by atoms with Gasteiger partial charge in [-0.15, -0.1) is 0 Å². The second-order valence-electron chi connectivity index (χ2n) is 5.35. The molecule has 116 valence electrons. The number of nitrogens with zero attached hydrogens (tertiary/aromatic N) is 3. The van der Waals surface area contributed by atoms with Crippen LogP contribution in [0.15, 0.2) is 30.5 Å². The van der Waals surface area contributed by atoms with Crippen molar-refractivity contribution in [1.29, 1.82) is 0 Å². The van der Waals surface area contributed by atoms with E-state index in [1.165, 1.54) is 0 Å². The van der Waals surface area contributed by atoms with Crippen molar-refractivity contribution in [3.63, 3.8) is 0 Å². The Morgan fingerprint density at radius 3 is 2.77 bits per heavy atom. The number of ether oxygens (including phenoxy) is 1. The highest BCUT2D eigenvalue weighted by Gasteiger charge is 2.23. The summed E-state index contributed by atoms with van der Waals surface area (Å²) in [5, 5.41) is 3.41. The minimum atomic E-state index is -0.216. The normalized spacial score (nSPS) is 15.8. The molecule has 3 rings (SSSR count). The standard InChI is InChI=1S/C16H20N4O2/c1-2-22-16(21)20-9-7-12(8-10-20)18-15-11-17-13-5-3-4-6-14(13)19-15/h3-6,11-12H,2,7-10H2,1H3,(H,18,19). The van der Waals surface area contributed by atoms with Crippen LogP contribution < -0.4 is 5.32 Å². The molecule has 6 heteroatoms. The first-order valence-corrected chi connectivity index (χ1v) is 7.66. The van der Waals surface area contributed by atoms with E-state index in [1.807, 2.05) is 31.2 Å². The second kappa shape index (κ2) is 6.60. The number of carbonyl (C=O) groups excluding carboxylic acids is 1. The molecule has 0 unspecified atom stereocenters. The molecule has 1 aromatic heterocycles. The third-order valence-corrected chi connectivity index (χ3v) is 3.82. The Morgan fingerprint density at radius 1 is 1.32 bits per heavy atom. The van der Waals surface area contributed by atoms with Gasteiger partial charge in [0.25, 0.3) is 0 Å². The average Bonchev–Trinajstić information content (AvgIpc) is 2.56. The fraction of sp³-hybridized carbons (Fsp3) is 0.438. The Labute approximate surface area is 129 Å². The third kappa shape index (κ3) is 3.27. The van der Waals surface area contributed by atoms with E-state index >= 15 is 0 Å². The number of amides is 1. The number of likely N-dealkylation sites (tertiary alicyclic amines) is 1. The number of hydrogen-bond acceptors (Lipinski definition) is 5. The van der Waals surface area contributed by atoms with Gasteiger partial charge in [0, 0.05) is 19.1 Å². The average molecular weight is 300 g/mol. The lowest BCUT2D eigenvalue weighted by Gasteiger charge is -2.31. The second-order valence-corrected chi connectivity index (χ2v) is 5.35. The van der Waals surface area contributed by atoms with Crippen molar-refractivity contribution in [3.05, 3.63) is 30.5 Å². The van der Waals surface area contributed by atoms with Gasteiger partial charge < -0.3 is 15.0 Å². The quantitative estimate of drug-likeness (QED) is 0.944. The van der Waals surface area contributed by atoms with Gasteiger partial charge in [-0.1, -0.05) is 12.1 Å². The lowest BCUT2D eigenvalue weighted by atomic mass is 10.1. The zero-order valence-corrected chi connectivity index (χ0v) is 12.7. The smallest absolute Gasteiger partial charge is 0.409 e. The highest BCUT2D eigenvalue weighted by Crippen LogP contribution is 2.17. The van der Waals surface area contributed by atoms with Crippen molar-refractivity contribution in [2.75, 3.05) is 25.0 Å². The number of carbonyl (C=O) groups is 1. The molecule has 0 radical (unpaired) electrons. The van der Waals surface area contributed by atoms with Gasteiger partial charge in [-0.05, 0) is 31.9 Å². The summed E-state index contributed by atoms with van der Waals surface area (Å²) in [6, 6.07) is 8.12. The first-order valence-electron chi connectivity index (χ1n) is 7.66. The molecule has 2 heterocycles. The van der Waals surface area contributed by atoms with Crippen LogP contribution in [-0.4, -0.2) is 46.7 Å². The first kappa shape index (κ1) is 14.6. The fourth-order valence-electron chi connectivity index (χ4n) is 2.66. The van der Waals surface area contributed by atoms with Crippen LogP contribution in [0.3, 0.4) is 0 Å². The summed E-state index contributed by atoms with van der Waals surface area (Å²) in [4.78, 5) is 22.4. The van der Waals surface area contributed by atoms with Crippen LogP contribution in [0.4, 0.5) is 10.6 Å². The Hall–Kier alpha value is -2.37. The number of rotatable bonds is 3. The molecule has 0 spiro atoms. The molecule has 1 amide bonds. The Kier molecular flexibility index (Phi) is 4.37. The zero-order chi connectivity index (χ0) is 15.4. The van der Waals surface area contributed by atoms with Crippen molar-refractivity contribution in [3.8, 4) is 0 Å². The largest absolute Gasteiger partial charge is 0.450 e. The van der Waals surface area contributed by atoms with Crippen LogP contribution in [0.2, 0.25) is 0 Å². The van der Waals surface area contributed by atoms with Crippen LogP contribution in [0.25, 0.3) is 11.0 Å². The molecule has 22 heavy (non-hydrogen) atoms. The number of fused-ring (bicyclic) bond motifs is 1. The molecule has 1 aromatic carbocycles. The Balaban J connectivity index is 1.58. The van der Waals surface area contributed by atoms with Gasteiger partial charge in [0.2, 0.25) is 0 Å². The molecular weight excluding hydrogens is 280 g/mol. The van der Waals surface area contributed by atoms with Gasteiger partial charge in [0.1, 0.15) is 5.82 Å². The minimum Gasteiger partial charge on any atom is -0.450 e. The molecule has 0 atom stereocenters. The lowest BCUT2D eigenvalue weighted by molar-refractivity contribution is 0.0983. The van der Waals surface area contributed by atoms with Crippen molar-refractivity contribution in [2.24, 2.45) is 0 Å². The SMILES string of the molecule is CCOC(=O)N1CCC(Nc2cnc3ccccc3n2)CC1. The van der Waals surface area contributed by atoms with Gasteiger partial charge >= 0.3 is 6.09 Å². The van der Waals surface area contributed by atoms with Gasteiger partial charge in [0.05, 0.1) is 23.8 Å². The molecule has 1 N–H and O–H groups in total. The molecule has 0 aliphatic carbocycles. The van der Waals surface area contributed by atoms with E-state index in [1.54, 1.807) is 11.1 Å². The van der Waals surface area contributed by atoms with Gasteiger partial charge in [0.15, 0.2) is 0 Å². The summed E-state index contributed by atoms with van der Waals surface area (Å²) in [5.74, 6) is 0.785. The highest BCUT2D eigenvalue weighted by molar-refractivity contribution is 5.75. The van der Waals surface area contributed by atoms with Crippen molar-refractivity contribution >= 4 is 22.9 Å². The van der Waals surface area contributed by atoms with E-state index in [0.717, 1.165) is 29.7 Å². The van der Waals surface area contributed by atoms with Crippen LogP contribution in [0.5, 0.6) is 0 Å². The predicted molar refractivity (Wildman–Crippen MR) is 84.8 cm³/mol. The van der Waals surface area contributed by atoms with Gasteiger partial charge in [-0.2, -0.15) is 0 Å². The van der Waals surface area contributed by atoms with E-state index in [-0.39, 0.29) is 6.09 Å². The van der Waals surface area contributed by atoms with E-state index in [2.05, 4.69) is 15.3 Å². The lowest BCUT2D eigenvalue weighted by Crippen LogP contribution is -2.42. The number of nitrogens with one attached hydrogen (secondary N) is 1. The van der Waals surface area contributed by atoms with Crippen LogP contribution >= 0.6 is 0 Å². The summed E-state index contributed by atoms with van der Waals surface area (Å²) in [6.45, 7) is 3.66. The third-order valence-electron chi connectivity index (χ3n) is 3.82. The maximum Gasteiger partial charge on any atom is 0.409 e. The summed E-state index contributed by atoms with van der Waals surface area (Å²) in [6.07, 6.45) is 3.31. The molecule has 1 aliphatic heterocycles. The molecule has 2 aromatic rings. The summed E-state index contributed by atoms with van der Waals surface area (Å²) in [7, 11) is 0. The van der Waals surface area contributed by atoms with Gasteiger partial charge in [-0.25, -0.2) is 9.78 Å². The van der Waals surface area contributed by atoms with Crippen LogP contribution in [-0.2, 0) is 4.74 Å². The highest BCUT2D eigenvalue weighted by atomic mass is 16.6. The van der Waals surface area contributed by atoms with E-state index in [9.17, 15) is 4.79 Å². The van der Waals surface area contributed by atoms with Crippen molar-refractivity contribution < 1.29 is 9.53 Å². The molecule has 1 fully saturated rings. The minimum absolute atomic E-state index is 0.216. The summed E-state index contributed by atoms with van der Waals surface area (Å²) in [5.41, 5.74) is 1.78. The van der Waals surface area contributed by atoms with Crippen molar-refractivity contribution in [1.82, 2.24) is 14.9 Å². The first-order chi connectivity index (χ1) is 10.8. The topological polar surface area (TPSA) is 67.3 Å². The zero-order valence-electron chi connectivity index (χ0n) is 12.7. The van der Waals surface area contributed by atoms with Crippen molar-refractivity contribution in [2.45, 2.75) is 25.8 Å². The maximum atomic E-state index is 11.7. The molecular formula is C16H20N4O2. The fourth-order valence-corrected chi connectivity index (χ4v) is 2.66. The number of para-hydroxylation sites is 2. The number of piperidine rings is 1. The number of benzene rings is 1. The van der Waals surface area contributed by atoms with E-state index in [4.69, 9.17) is 4.74 Å². The number of aromatic nitrogens is 2. The van der Waals surface area contributed by atoms with Gasteiger partial charge in [-0.3, -0.25) is 4.98 Å². The molecule has 0 saturated carbocycles. The summed E-state index contributed by atoms with van der Waals surface area (Å²) >= 11 is 0. The molecule has 1 aliphatic rings. The van der Waals surface area contributed by atoms with Crippen LogP contribution in [0.1, 0.15) is 19.8 Å². The number of hydrogen-bond donors (Lipinski definition) is 1. The monoisotopic (exact) mass is 300 g/mol.